The molecule has 0 unspecified atom stereocenters. The molecule has 7 nitrogen and oxygen atoms in total. The number of aromatic nitrogens is 2. The molecular formula is C12H12N4O3S. The molecule has 1 saturated heterocycles. The Morgan fingerprint density at radius 3 is 2.90 bits per heavy atom. The van der Waals surface area contributed by atoms with E-state index in [-0.39, 0.29) is 18.3 Å². The van der Waals surface area contributed by atoms with Crippen LogP contribution in [0.15, 0.2) is 22.0 Å². The van der Waals surface area contributed by atoms with E-state index >= 15 is 0 Å². The van der Waals surface area contributed by atoms with Crippen LogP contribution in [-0.4, -0.2) is 27.0 Å². The van der Waals surface area contributed by atoms with E-state index in [1.807, 2.05) is 17.5 Å². The summed E-state index contributed by atoms with van der Waals surface area (Å²) in [7, 11) is 0. The highest BCUT2D eigenvalue weighted by molar-refractivity contribution is 7.10. The molecule has 1 aliphatic rings. The van der Waals surface area contributed by atoms with E-state index < -0.39 is 11.6 Å². The zero-order chi connectivity index (χ0) is 14.3. The number of aryl methyl sites for hydroxylation is 1. The normalized spacial score (nSPS) is 22.4. The van der Waals surface area contributed by atoms with Crippen LogP contribution in [0.1, 0.15) is 23.5 Å². The minimum atomic E-state index is -1.03. The molecule has 2 aromatic rings. The van der Waals surface area contributed by atoms with Crippen molar-refractivity contribution in [2.45, 2.75) is 25.9 Å². The summed E-state index contributed by atoms with van der Waals surface area (Å²) >= 11 is 1.42. The lowest BCUT2D eigenvalue weighted by molar-refractivity contribution is -0.131. The smallest absolute Gasteiger partial charge is 0.325 e. The van der Waals surface area contributed by atoms with Gasteiger partial charge in [0.05, 0.1) is 0 Å². The Hall–Kier alpha value is -2.22. The summed E-state index contributed by atoms with van der Waals surface area (Å²) in [5.74, 6) is 0.385. The number of amides is 3. The lowest BCUT2D eigenvalue weighted by atomic mass is 10.0. The van der Waals surface area contributed by atoms with Gasteiger partial charge in [0.25, 0.3) is 5.91 Å². The molecule has 3 rings (SSSR count). The fourth-order valence-corrected chi connectivity index (χ4v) is 2.95. The molecule has 0 radical (unpaired) electrons. The number of hydrogen-bond donors (Lipinski definition) is 1. The molecule has 0 bridgehead atoms. The van der Waals surface area contributed by atoms with E-state index in [1.54, 1.807) is 13.8 Å². The standard InChI is InChI=1S/C12H12N4O3S/c1-7-13-9(19-15-7)6-16-10(17)12(2,14-11(16)18)8-4-3-5-20-8/h3-5H,6H2,1-2H3,(H,14,18)/t12-/m1/s1. The number of urea groups is 1. The van der Waals surface area contributed by atoms with E-state index in [0.29, 0.717) is 5.82 Å². The van der Waals surface area contributed by atoms with Gasteiger partial charge in [0.15, 0.2) is 11.4 Å². The first-order valence-corrected chi connectivity index (χ1v) is 6.86. The Morgan fingerprint density at radius 2 is 2.30 bits per heavy atom. The highest BCUT2D eigenvalue weighted by Crippen LogP contribution is 2.32. The highest BCUT2D eigenvalue weighted by atomic mass is 32.1. The van der Waals surface area contributed by atoms with Gasteiger partial charge in [-0.1, -0.05) is 11.2 Å². The summed E-state index contributed by atoms with van der Waals surface area (Å²) in [6.07, 6.45) is 0. The number of carbonyl (C=O) groups excluding carboxylic acids is 2. The maximum Gasteiger partial charge on any atom is 0.325 e. The Morgan fingerprint density at radius 1 is 1.50 bits per heavy atom. The Kier molecular flexibility index (Phi) is 2.82. The van der Waals surface area contributed by atoms with E-state index in [1.165, 1.54) is 11.3 Å². The molecular weight excluding hydrogens is 280 g/mol. The molecule has 0 spiro atoms. The largest absolute Gasteiger partial charge is 0.337 e. The predicted molar refractivity (Wildman–Crippen MR) is 69.8 cm³/mol. The first-order chi connectivity index (χ1) is 9.50. The number of nitrogens with one attached hydrogen (secondary N) is 1. The van der Waals surface area contributed by atoms with Gasteiger partial charge in [-0.25, -0.2) is 4.79 Å². The first kappa shape index (κ1) is 12.8. The first-order valence-electron chi connectivity index (χ1n) is 5.98. The molecule has 104 valence electrons. The second-order valence-corrected chi connectivity index (χ2v) is 5.61. The van der Waals surface area contributed by atoms with Gasteiger partial charge in [-0.2, -0.15) is 4.98 Å². The lowest BCUT2D eigenvalue weighted by Crippen LogP contribution is -2.40. The second kappa shape index (κ2) is 4.41. The minimum Gasteiger partial charge on any atom is -0.337 e. The molecule has 3 heterocycles. The number of carbonyl (C=O) groups is 2. The zero-order valence-electron chi connectivity index (χ0n) is 10.9. The fraction of sp³-hybridized carbons (Fsp3) is 0.333. The van der Waals surface area contributed by atoms with Crippen molar-refractivity contribution >= 4 is 23.3 Å². The van der Waals surface area contributed by atoms with Crippen LogP contribution in [-0.2, 0) is 16.9 Å². The summed E-state index contributed by atoms with van der Waals surface area (Å²) in [5, 5.41) is 8.22. The molecule has 1 aliphatic heterocycles. The van der Waals surface area contributed by atoms with Gasteiger partial charge < -0.3 is 9.84 Å². The van der Waals surface area contributed by atoms with Crippen molar-refractivity contribution in [1.82, 2.24) is 20.4 Å². The molecule has 1 atom stereocenters. The van der Waals surface area contributed by atoms with Gasteiger partial charge >= 0.3 is 6.03 Å². The van der Waals surface area contributed by atoms with Crippen molar-refractivity contribution in [3.05, 3.63) is 34.1 Å². The molecule has 0 aromatic carbocycles. The summed E-state index contributed by atoms with van der Waals surface area (Å²) in [6, 6.07) is 3.21. The van der Waals surface area contributed by atoms with Crippen molar-refractivity contribution in [3.63, 3.8) is 0 Å². The molecule has 20 heavy (non-hydrogen) atoms. The number of nitrogens with zero attached hydrogens (tertiary/aromatic N) is 3. The maximum atomic E-state index is 12.5. The fourth-order valence-electron chi connectivity index (χ4n) is 2.11. The topological polar surface area (TPSA) is 88.3 Å². The molecule has 2 aromatic heterocycles. The quantitative estimate of drug-likeness (QED) is 0.864. The van der Waals surface area contributed by atoms with Gasteiger partial charge in [0, 0.05) is 4.88 Å². The third-order valence-electron chi connectivity index (χ3n) is 3.15. The van der Waals surface area contributed by atoms with Crippen LogP contribution in [0.5, 0.6) is 0 Å². The van der Waals surface area contributed by atoms with Gasteiger partial charge in [-0.3, -0.25) is 9.69 Å². The Labute approximate surface area is 118 Å². The number of rotatable bonds is 3. The van der Waals surface area contributed by atoms with Crippen molar-refractivity contribution in [2.24, 2.45) is 0 Å². The summed E-state index contributed by atoms with van der Waals surface area (Å²) in [4.78, 5) is 30.4. The van der Waals surface area contributed by atoms with E-state index in [0.717, 1.165) is 9.78 Å². The monoisotopic (exact) mass is 292 g/mol. The van der Waals surface area contributed by atoms with Crippen molar-refractivity contribution < 1.29 is 14.1 Å². The third kappa shape index (κ3) is 1.88. The van der Waals surface area contributed by atoms with Crippen molar-refractivity contribution in [2.75, 3.05) is 0 Å². The van der Waals surface area contributed by atoms with E-state index in [4.69, 9.17) is 4.52 Å². The number of hydrogen-bond acceptors (Lipinski definition) is 6. The number of thiophene rings is 1. The molecule has 0 saturated carbocycles. The third-order valence-corrected chi connectivity index (χ3v) is 4.24. The molecule has 1 fully saturated rings. The lowest BCUT2D eigenvalue weighted by Gasteiger charge is -2.19. The SMILES string of the molecule is Cc1noc(CN2C(=O)N[C@](C)(c3cccs3)C2=O)n1. The second-order valence-electron chi connectivity index (χ2n) is 4.66. The minimum absolute atomic E-state index is 0.0214. The summed E-state index contributed by atoms with van der Waals surface area (Å²) < 4.78 is 4.95. The Bertz CT molecular complexity index is 666. The van der Waals surface area contributed by atoms with E-state index in [9.17, 15) is 9.59 Å². The average Bonchev–Trinajstić information content (AvgIpc) is 3.09. The summed E-state index contributed by atoms with van der Waals surface area (Å²) in [5.41, 5.74) is -1.03. The summed E-state index contributed by atoms with van der Waals surface area (Å²) in [6.45, 7) is 3.35. The van der Waals surface area contributed by atoms with Gasteiger partial charge in [0.1, 0.15) is 6.54 Å². The van der Waals surface area contributed by atoms with Gasteiger partial charge in [-0.15, -0.1) is 11.3 Å². The molecule has 0 aliphatic carbocycles. The van der Waals surface area contributed by atoms with Crippen molar-refractivity contribution in [3.8, 4) is 0 Å². The van der Waals surface area contributed by atoms with E-state index in [2.05, 4.69) is 15.5 Å². The highest BCUT2D eigenvalue weighted by Gasteiger charge is 2.50. The zero-order valence-corrected chi connectivity index (χ0v) is 11.7. The van der Waals surface area contributed by atoms with Crippen LogP contribution < -0.4 is 5.32 Å². The number of imide groups is 1. The molecule has 8 heteroatoms. The van der Waals surface area contributed by atoms with Crippen LogP contribution in [0.2, 0.25) is 0 Å². The van der Waals surface area contributed by atoms with Crippen LogP contribution in [0, 0.1) is 6.92 Å². The maximum absolute atomic E-state index is 12.5. The van der Waals surface area contributed by atoms with Crippen LogP contribution in [0.3, 0.4) is 0 Å². The Balaban J connectivity index is 1.87. The van der Waals surface area contributed by atoms with Gasteiger partial charge in [0.2, 0.25) is 5.89 Å². The van der Waals surface area contributed by atoms with Crippen molar-refractivity contribution in [1.29, 1.82) is 0 Å². The van der Waals surface area contributed by atoms with Crippen LogP contribution in [0.4, 0.5) is 4.79 Å². The molecule has 3 amide bonds. The average molecular weight is 292 g/mol. The van der Waals surface area contributed by atoms with Crippen LogP contribution >= 0.6 is 11.3 Å². The van der Waals surface area contributed by atoms with Gasteiger partial charge in [-0.05, 0) is 25.3 Å². The van der Waals surface area contributed by atoms with Crippen LogP contribution in [0.25, 0.3) is 0 Å². The predicted octanol–water partition coefficient (Wildman–Crippen LogP) is 1.41. The molecule has 1 N–H and O–H groups in total.